The van der Waals surface area contributed by atoms with Crippen molar-refractivity contribution >= 4 is 17.2 Å². The van der Waals surface area contributed by atoms with Crippen LogP contribution >= 0.6 is 11.3 Å². The second kappa shape index (κ2) is 7.57. The van der Waals surface area contributed by atoms with Crippen molar-refractivity contribution in [2.45, 2.75) is 65.2 Å². The molecule has 0 bridgehead atoms. The molecule has 0 fully saturated rings. The fraction of sp³-hybridized carbons (Fsp3) is 0.688. The highest BCUT2D eigenvalue weighted by molar-refractivity contribution is 7.11. The van der Waals surface area contributed by atoms with E-state index in [1.807, 2.05) is 14.0 Å². The number of rotatable bonds is 6. The van der Waals surface area contributed by atoms with Crippen LogP contribution in [0.4, 0.5) is 0 Å². The van der Waals surface area contributed by atoms with Gasteiger partial charge in [0.05, 0.1) is 23.3 Å². The number of amides is 1. The second-order valence-electron chi connectivity index (χ2n) is 6.82. The number of nitrogens with one attached hydrogen (secondary N) is 1. The number of fused-ring (bicyclic) bond motifs is 1. The van der Waals surface area contributed by atoms with Gasteiger partial charge in [-0.1, -0.05) is 0 Å². The van der Waals surface area contributed by atoms with Crippen LogP contribution in [0.25, 0.3) is 0 Å². The number of hydrogen-bond donors (Lipinski definition) is 1. The highest BCUT2D eigenvalue weighted by Gasteiger charge is 2.26. The van der Waals surface area contributed by atoms with Crippen LogP contribution in [0.1, 0.15) is 54.1 Å². The Hall–Kier alpha value is -1.87. The zero-order valence-electron chi connectivity index (χ0n) is 15.2. The number of tetrazole rings is 1. The number of carbonyl (C=O) groups excluding carboxylic acids is 1. The molecule has 136 valence electrons. The first kappa shape index (κ1) is 17.9. The number of hydrogen-bond acceptors (Lipinski definition) is 7. The van der Waals surface area contributed by atoms with E-state index in [1.165, 1.54) is 4.88 Å². The lowest BCUT2D eigenvalue weighted by atomic mass is 9.97. The van der Waals surface area contributed by atoms with E-state index in [0.717, 1.165) is 30.0 Å². The number of thiazole rings is 1. The molecule has 2 aromatic heterocycles. The predicted molar refractivity (Wildman–Crippen MR) is 95.1 cm³/mol. The summed E-state index contributed by atoms with van der Waals surface area (Å²) in [5.41, 5.74) is 1.04. The van der Waals surface area contributed by atoms with Gasteiger partial charge in [0.15, 0.2) is 5.82 Å². The Balaban J connectivity index is 1.63. The second-order valence-corrected chi connectivity index (χ2v) is 8.10. The molecule has 0 aromatic carbocycles. The maximum Gasteiger partial charge on any atom is 0.242 e. The van der Waals surface area contributed by atoms with Crippen molar-refractivity contribution in [3.63, 3.8) is 0 Å². The Bertz CT molecular complexity index is 739. The van der Waals surface area contributed by atoms with Crippen LogP contribution in [0.5, 0.6) is 0 Å². The van der Waals surface area contributed by atoms with Crippen LogP contribution in [0.2, 0.25) is 0 Å². The summed E-state index contributed by atoms with van der Waals surface area (Å²) in [4.78, 5) is 20.5. The Morgan fingerprint density at radius 3 is 3.04 bits per heavy atom. The average molecular weight is 363 g/mol. The maximum atomic E-state index is 12.5. The Kier molecular flexibility index (Phi) is 5.43. The minimum absolute atomic E-state index is 0.000492. The maximum absolute atomic E-state index is 12.5. The molecular weight excluding hydrogens is 338 g/mol. The normalized spacial score (nSPS) is 17.1. The smallest absolute Gasteiger partial charge is 0.242 e. The van der Waals surface area contributed by atoms with Gasteiger partial charge in [-0.25, -0.2) is 9.67 Å². The van der Waals surface area contributed by atoms with E-state index >= 15 is 0 Å². The zero-order valence-corrected chi connectivity index (χ0v) is 16.0. The van der Waals surface area contributed by atoms with Crippen LogP contribution < -0.4 is 5.32 Å². The minimum atomic E-state index is -0.0794. The molecule has 1 amide bonds. The van der Waals surface area contributed by atoms with Crippen LogP contribution in [-0.2, 0) is 24.3 Å². The van der Waals surface area contributed by atoms with Crippen LogP contribution in [0.3, 0.4) is 0 Å². The van der Waals surface area contributed by atoms with E-state index in [4.69, 9.17) is 0 Å². The van der Waals surface area contributed by atoms with Gasteiger partial charge in [-0.15, -0.1) is 16.4 Å². The fourth-order valence-corrected chi connectivity index (χ4v) is 3.96. The highest BCUT2D eigenvalue weighted by Crippen LogP contribution is 2.32. The molecule has 8 nitrogen and oxygen atoms in total. The number of aryl methyl sites for hydroxylation is 2. The molecule has 2 heterocycles. The predicted octanol–water partition coefficient (Wildman–Crippen LogP) is 1.47. The van der Waals surface area contributed by atoms with Gasteiger partial charge in [-0.2, -0.15) is 0 Å². The van der Waals surface area contributed by atoms with Crippen molar-refractivity contribution in [3.05, 3.63) is 21.4 Å². The molecule has 1 aliphatic carbocycles. The Morgan fingerprint density at radius 1 is 1.48 bits per heavy atom. The summed E-state index contributed by atoms with van der Waals surface area (Å²) >= 11 is 1.73. The molecule has 0 saturated carbocycles. The van der Waals surface area contributed by atoms with Crippen molar-refractivity contribution in [1.29, 1.82) is 0 Å². The van der Waals surface area contributed by atoms with Gasteiger partial charge in [0.2, 0.25) is 5.91 Å². The molecule has 0 spiro atoms. The first-order chi connectivity index (χ1) is 11.9. The van der Waals surface area contributed by atoms with Crippen LogP contribution in [0.15, 0.2) is 0 Å². The average Bonchev–Trinajstić information content (AvgIpc) is 3.13. The molecule has 9 heteroatoms. The summed E-state index contributed by atoms with van der Waals surface area (Å²) < 4.78 is 1.57. The van der Waals surface area contributed by atoms with E-state index in [1.54, 1.807) is 16.0 Å². The summed E-state index contributed by atoms with van der Waals surface area (Å²) in [6.07, 6.45) is 3.07. The van der Waals surface area contributed by atoms with Gasteiger partial charge in [0.1, 0.15) is 6.54 Å². The molecule has 1 aliphatic rings. The third-order valence-corrected chi connectivity index (χ3v) is 5.61. The molecule has 0 saturated heterocycles. The van der Waals surface area contributed by atoms with Crippen molar-refractivity contribution < 1.29 is 4.79 Å². The molecule has 25 heavy (non-hydrogen) atoms. The molecule has 1 atom stereocenters. The lowest BCUT2D eigenvalue weighted by Gasteiger charge is -2.23. The van der Waals surface area contributed by atoms with E-state index in [9.17, 15) is 4.79 Å². The van der Waals surface area contributed by atoms with Gasteiger partial charge in [0.25, 0.3) is 0 Å². The third kappa shape index (κ3) is 4.21. The summed E-state index contributed by atoms with van der Waals surface area (Å²) in [6, 6.07) is 0.381. The van der Waals surface area contributed by atoms with Crippen molar-refractivity contribution in [2.75, 3.05) is 7.05 Å². The summed E-state index contributed by atoms with van der Waals surface area (Å²) in [6.45, 7) is 6.97. The van der Waals surface area contributed by atoms with Gasteiger partial charge >= 0.3 is 0 Å². The van der Waals surface area contributed by atoms with E-state index in [2.05, 4.69) is 44.6 Å². The first-order valence-electron chi connectivity index (χ1n) is 8.65. The molecule has 0 radical (unpaired) electrons. The monoisotopic (exact) mass is 363 g/mol. The largest absolute Gasteiger partial charge is 0.346 e. The molecule has 3 rings (SSSR count). The van der Waals surface area contributed by atoms with Gasteiger partial charge < -0.3 is 5.32 Å². The topological polar surface area (TPSA) is 88.8 Å². The zero-order chi connectivity index (χ0) is 18.0. The number of carbonyl (C=O) groups is 1. The number of nitrogens with zero attached hydrogens (tertiary/aromatic N) is 6. The molecule has 0 aliphatic heterocycles. The van der Waals surface area contributed by atoms with Crippen molar-refractivity contribution in [2.24, 2.45) is 0 Å². The SMILES string of the molecule is Cc1nc2c(s1)CCCC2NC(=O)Cn1nnnc1CN(C)C(C)C. The van der Waals surface area contributed by atoms with E-state index in [-0.39, 0.29) is 18.5 Å². The van der Waals surface area contributed by atoms with E-state index < -0.39 is 0 Å². The quantitative estimate of drug-likeness (QED) is 0.836. The van der Waals surface area contributed by atoms with Crippen LogP contribution in [0, 0.1) is 6.92 Å². The molecular formula is C16H25N7OS. The van der Waals surface area contributed by atoms with Crippen LogP contribution in [-0.4, -0.2) is 49.1 Å². The molecule has 1 unspecified atom stereocenters. The Labute approximate surface area is 151 Å². The summed E-state index contributed by atoms with van der Waals surface area (Å²) in [5.74, 6) is 0.615. The standard InChI is InChI=1S/C16H25N7OS/c1-10(2)22(4)8-14-19-20-21-23(14)9-15(24)18-12-6-5-7-13-16(12)17-11(3)25-13/h10,12H,5-9H2,1-4H3,(H,18,24). The van der Waals surface area contributed by atoms with Crippen molar-refractivity contribution in [3.8, 4) is 0 Å². The van der Waals surface area contributed by atoms with Gasteiger partial charge in [-0.3, -0.25) is 9.69 Å². The first-order valence-corrected chi connectivity index (χ1v) is 9.46. The molecule has 1 N–H and O–H groups in total. The highest BCUT2D eigenvalue weighted by atomic mass is 32.1. The molecule has 2 aromatic rings. The third-order valence-electron chi connectivity index (χ3n) is 4.57. The van der Waals surface area contributed by atoms with E-state index in [0.29, 0.717) is 18.4 Å². The minimum Gasteiger partial charge on any atom is -0.346 e. The summed E-state index contributed by atoms with van der Waals surface area (Å²) in [7, 11) is 2.01. The lowest BCUT2D eigenvalue weighted by molar-refractivity contribution is -0.122. The Morgan fingerprint density at radius 2 is 2.28 bits per heavy atom. The summed E-state index contributed by atoms with van der Waals surface area (Å²) in [5, 5.41) is 15.9. The van der Waals surface area contributed by atoms with Crippen molar-refractivity contribution in [1.82, 2.24) is 35.4 Å². The van der Waals surface area contributed by atoms with Gasteiger partial charge in [-0.05, 0) is 57.5 Å². The fourth-order valence-electron chi connectivity index (χ4n) is 2.92. The van der Waals surface area contributed by atoms with Gasteiger partial charge in [0, 0.05) is 10.9 Å². The lowest BCUT2D eigenvalue weighted by Crippen LogP contribution is -2.35. The number of aromatic nitrogens is 5.